The van der Waals surface area contributed by atoms with Crippen LogP contribution in [0.25, 0.3) is 10.8 Å². The van der Waals surface area contributed by atoms with Crippen LogP contribution in [0.5, 0.6) is 17.6 Å². The van der Waals surface area contributed by atoms with Crippen LogP contribution in [-0.2, 0) is 0 Å². The molecule has 0 amide bonds. The Labute approximate surface area is 138 Å². The summed E-state index contributed by atoms with van der Waals surface area (Å²) in [6.45, 7) is 0. The third-order valence-electron chi connectivity index (χ3n) is 2.87. The number of aromatic nitrogens is 2. The number of methoxy groups -OCH3 is 1. The average Bonchev–Trinajstić information content (AvgIpc) is 2.49. The number of hydrogen-bond donors (Lipinski definition) is 0. The van der Waals surface area contributed by atoms with Gasteiger partial charge >= 0.3 is 6.01 Å². The van der Waals surface area contributed by atoms with Crippen LogP contribution in [0.2, 0.25) is 0 Å². The van der Waals surface area contributed by atoms with Crippen molar-refractivity contribution in [2.75, 3.05) is 7.11 Å². The van der Waals surface area contributed by atoms with E-state index in [0.717, 1.165) is 15.2 Å². The molecule has 0 aliphatic rings. The largest absolute Gasteiger partial charge is 0.480 e. The fourth-order valence-corrected chi connectivity index (χ4v) is 2.62. The SMILES string of the molecule is COc1nc(Oc2ccc3cc(Br)ccc3c2)ncc1Br. The molecule has 106 valence electrons. The molecule has 4 nitrogen and oxygen atoms in total. The molecule has 1 heterocycles. The van der Waals surface area contributed by atoms with Crippen molar-refractivity contribution in [1.82, 2.24) is 9.97 Å². The summed E-state index contributed by atoms with van der Waals surface area (Å²) >= 11 is 6.76. The number of halogens is 2. The zero-order valence-electron chi connectivity index (χ0n) is 11.0. The Balaban J connectivity index is 1.92. The number of rotatable bonds is 3. The van der Waals surface area contributed by atoms with Crippen molar-refractivity contribution in [3.63, 3.8) is 0 Å². The van der Waals surface area contributed by atoms with Gasteiger partial charge < -0.3 is 9.47 Å². The van der Waals surface area contributed by atoms with E-state index >= 15 is 0 Å². The van der Waals surface area contributed by atoms with Crippen LogP contribution < -0.4 is 9.47 Å². The van der Waals surface area contributed by atoms with Crippen molar-refractivity contribution in [2.45, 2.75) is 0 Å². The molecule has 0 spiro atoms. The van der Waals surface area contributed by atoms with Gasteiger partial charge in [0.2, 0.25) is 5.88 Å². The van der Waals surface area contributed by atoms with Crippen LogP contribution >= 0.6 is 31.9 Å². The summed E-state index contributed by atoms with van der Waals surface area (Å²) in [4.78, 5) is 8.28. The van der Waals surface area contributed by atoms with Crippen molar-refractivity contribution < 1.29 is 9.47 Å². The van der Waals surface area contributed by atoms with E-state index < -0.39 is 0 Å². The van der Waals surface area contributed by atoms with E-state index in [4.69, 9.17) is 9.47 Å². The molecule has 3 aromatic rings. The lowest BCUT2D eigenvalue weighted by Crippen LogP contribution is -1.95. The van der Waals surface area contributed by atoms with Crippen LogP contribution in [0, 0.1) is 0 Å². The van der Waals surface area contributed by atoms with Gasteiger partial charge in [0, 0.05) is 4.47 Å². The molecule has 0 bridgehead atoms. The summed E-state index contributed by atoms with van der Waals surface area (Å²) in [5, 5.41) is 2.21. The Morgan fingerprint density at radius 2 is 1.76 bits per heavy atom. The lowest BCUT2D eigenvalue weighted by atomic mass is 10.1. The first-order valence-electron chi connectivity index (χ1n) is 6.09. The van der Waals surface area contributed by atoms with Crippen molar-refractivity contribution in [3.8, 4) is 17.6 Å². The fraction of sp³-hybridized carbons (Fsp3) is 0.0667. The lowest BCUT2D eigenvalue weighted by Gasteiger charge is -2.07. The topological polar surface area (TPSA) is 44.2 Å². The number of ether oxygens (including phenoxy) is 2. The summed E-state index contributed by atoms with van der Waals surface area (Å²) in [5.74, 6) is 1.11. The van der Waals surface area contributed by atoms with Crippen molar-refractivity contribution in [2.24, 2.45) is 0 Å². The van der Waals surface area contributed by atoms with Crippen LogP contribution in [0.1, 0.15) is 0 Å². The van der Waals surface area contributed by atoms with Gasteiger partial charge in [-0.25, -0.2) is 4.98 Å². The van der Waals surface area contributed by atoms with E-state index in [9.17, 15) is 0 Å². The first kappa shape index (κ1) is 14.3. The minimum atomic E-state index is 0.242. The van der Waals surface area contributed by atoms with E-state index in [1.165, 1.54) is 0 Å². The Hall–Kier alpha value is -1.66. The predicted octanol–water partition coefficient (Wildman–Crippen LogP) is 4.96. The molecule has 0 saturated heterocycles. The predicted molar refractivity (Wildman–Crippen MR) is 88.0 cm³/mol. The van der Waals surface area contributed by atoms with Crippen LogP contribution in [0.4, 0.5) is 0 Å². The maximum Gasteiger partial charge on any atom is 0.325 e. The highest BCUT2D eigenvalue weighted by Gasteiger charge is 2.07. The second kappa shape index (κ2) is 5.99. The Bertz CT molecular complexity index is 809. The van der Waals surface area contributed by atoms with E-state index in [-0.39, 0.29) is 6.01 Å². The molecular weight excluding hydrogens is 400 g/mol. The van der Waals surface area contributed by atoms with E-state index in [1.807, 2.05) is 30.3 Å². The quantitative estimate of drug-likeness (QED) is 0.613. The van der Waals surface area contributed by atoms with E-state index in [2.05, 4.69) is 47.9 Å². The van der Waals surface area contributed by atoms with Crippen molar-refractivity contribution >= 4 is 42.6 Å². The molecule has 0 saturated carbocycles. The van der Waals surface area contributed by atoms with Gasteiger partial charge in [-0.05, 0) is 51.0 Å². The van der Waals surface area contributed by atoms with E-state index in [0.29, 0.717) is 16.1 Å². The Morgan fingerprint density at radius 3 is 2.57 bits per heavy atom. The molecule has 0 radical (unpaired) electrons. The fourth-order valence-electron chi connectivity index (χ4n) is 1.89. The standard InChI is InChI=1S/C15H10Br2N2O2/c1-20-14-13(17)8-18-15(19-14)21-12-5-3-9-6-11(16)4-2-10(9)7-12/h2-8H,1H3. The first-order chi connectivity index (χ1) is 10.2. The average molecular weight is 410 g/mol. The highest BCUT2D eigenvalue weighted by molar-refractivity contribution is 9.10. The van der Waals surface area contributed by atoms with Gasteiger partial charge in [-0.2, -0.15) is 4.98 Å². The molecule has 2 aromatic carbocycles. The lowest BCUT2D eigenvalue weighted by molar-refractivity contribution is 0.373. The molecule has 0 unspecified atom stereocenters. The summed E-state index contributed by atoms with van der Waals surface area (Å²) < 4.78 is 12.5. The maximum absolute atomic E-state index is 5.68. The number of hydrogen-bond acceptors (Lipinski definition) is 4. The highest BCUT2D eigenvalue weighted by atomic mass is 79.9. The molecule has 21 heavy (non-hydrogen) atoms. The van der Waals surface area contributed by atoms with E-state index in [1.54, 1.807) is 13.3 Å². The van der Waals surface area contributed by atoms with Gasteiger partial charge in [0.05, 0.1) is 17.8 Å². The number of benzene rings is 2. The minimum Gasteiger partial charge on any atom is -0.480 e. The van der Waals surface area contributed by atoms with Gasteiger partial charge in [0.25, 0.3) is 0 Å². The Morgan fingerprint density at radius 1 is 1.00 bits per heavy atom. The van der Waals surface area contributed by atoms with Crippen LogP contribution in [0.15, 0.2) is 51.5 Å². The summed E-state index contributed by atoms with van der Waals surface area (Å²) in [6.07, 6.45) is 1.60. The maximum atomic E-state index is 5.68. The molecule has 0 aliphatic heterocycles. The normalized spacial score (nSPS) is 10.6. The molecule has 0 aliphatic carbocycles. The molecule has 1 aromatic heterocycles. The summed E-state index contributed by atoms with van der Waals surface area (Å²) in [5.41, 5.74) is 0. The summed E-state index contributed by atoms with van der Waals surface area (Å²) in [6, 6.07) is 12.1. The molecule has 3 rings (SSSR count). The number of fused-ring (bicyclic) bond motifs is 1. The van der Waals surface area contributed by atoms with Gasteiger partial charge in [0.1, 0.15) is 5.75 Å². The molecule has 0 N–H and O–H groups in total. The first-order valence-corrected chi connectivity index (χ1v) is 7.68. The second-order valence-electron chi connectivity index (χ2n) is 4.27. The Kier molecular flexibility index (Phi) is 4.07. The minimum absolute atomic E-state index is 0.242. The van der Waals surface area contributed by atoms with Crippen LogP contribution in [-0.4, -0.2) is 17.1 Å². The van der Waals surface area contributed by atoms with Gasteiger partial charge in [-0.15, -0.1) is 0 Å². The van der Waals surface area contributed by atoms with Crippen LogP contribution in [0.3, 0.4) is 0 Å². The monoisotopic (exact) mass is 408 g/mol. The van der Waals surface area contributed by atoms with Crippen molar-refractivity contribution in [1.29, 1.82) is 0 Å². The number of nitrogens with zero attached hydrogens (tertiary/aromatic N) is 2. The smallest absolute Gasteiger partial charge is 0.325 e. The molecular formula is C15H10Br2N2O2. The zero-order valence-corrected chi connectivity index (χ0v) is 14.2. The molecule has 0 atom stereocenters. The zero-order chi connectivity index (χ0) is 14.8. The van der Waals surface area contributed by atoms with Gasteiger partial charge in [0.15, 0.2) is 0 Å². The second-order valence-corrected chi connectivity index (χ2v) is 6.04. The third-order valence-corrected chi connectivity index (χ3v) is 3.90. The van der Waals surface area contributed by atoms with Gasteiger partial charge in [-0.1, -0.05) is 28.1 Å². The van der Waals surface area contributed by atoms with Crippen molar-refractivity contribution in [3.05, 3.63) is 51.5 Å². The van der Waals surface area contributed by atoms with Gasteiger partial charge in [-0.3, -0.25) is 0 Å². The third kappa shape index (κ3) is 3.16. The molecule has 6 heteroatoms. The summed E-state index contributed by atoms with van der Waals surface area (Å²) in [7, 11) is 1.55. The molecule has 0 fully saturated rings. The highest BCUT2D eigenvalue weighted by Crippen LogP contribution is 2.28.